The van der Waals surface area contributed by atoms with Crippen LogP contribution in [0.5, 0.6) is 0 Å². The fraction of sp³-hybridized carbons (Fsp3) is 0.308. The van der Waals surface area contributed by atoms with Gasteiger partial charge in [0, 0.05) is 17.1 Å². The molecule has 0 fully saturated rings. The van der Waals surface area contributed by atoms with Gasteiger partial charge in [-0.1, -0.05) is 29.8 Å². The Kier molecular flexibility index (Phi) is 3.36. The Hall–Kier alpha value is -1.19. The molecule has 0 saturated heterocycles. The van der Waals surface area contributed by atoms with Gasteiger partial charge >= 0.3 is 0 Å². The van der Waals surface area contributed by atoms with Gasteiger partial charge in [0.05, 0.1) is 5.01 Å². The Morgan fingerprint density at radius 3 is 2.81 bits per heavy atom. The van der Waals surface area contributed by atoms with Gasteiger partial charge in [0.2, 0.25) is 0 Å². The summed E-state index contributed by atoms with van der Waals surface area (Å²) in [7, 11) is 0. The summed E-state index contributed by atoms with van der Waals surface area (Å²) in [5.41, 5.74) is 8.73. The smallest absolute Gasteiger partial charge is 0.0897 e. The molecule has 1 unspecified atom stereocenters. The van der Waals surface area contributed by atoms with Gasteiger partial charge in [0.25, 0.3) is 0 Å². The van der Waals surface area contributed by atoms with Crippen LogP contribution in [0.4, 0.5) is 0 Å². The van der Waals surface area contributed by atoms with Crippen molar-refractivity contribution < 1.29 is 0 Å². The van der Waals surface area contributed by atoms with E-state index in [1.165, 1.54) is 16.0 Å². The third-order valence-electron chi connectivity index (χ3n) is 2.54. The molecule has 0 bridgehead atoms. The van der Waals surface area contributed by atoms with Crippen molar-refractivity contribution >= 4 is 11.3 Å². The maximum atomic E-state index is 6.16. The van der Waals surface area contributed by atoms with E-state index in [9.17, 15) is 0 Å². The Balaban J connectivity index is 2.10. The number of hydrogen-bond acceptors (Lipinski definition) is 3. The lowest BCUT2D eigenvalue weighted by Crippen LogP contribution is -2.11. The summed E-state index contributed by atoms with van der Waals surface area (Å²) in [5, 5.41) is 1.08. The van der Waals surface area contributed by atoms with Gasteiger partial charge in [-0.25, -0.2) is 4.98 Å². The SMILES string of the molecule is Cc1cccc(CC(N)c2cnc(C)s2)c1. The molecule has 0 spiro atoms. The van der Waals surface area contributed by atoms with E-state index in [1.54, 1.807) is 11.3 Å². The molecule has 0 aliphatic rings. The molecule has 1 aromatic carbocycles. The normalized spacial score (nSPS) is 12.7. The summed E-state index contributed by atoms with van der Waals surface area (Å²) < 4.78 is 0. The highest BCUT2D eigenvalue weighted by molar-refractivity contribution is 7.11. The van der Waals surface area contributed by atoms with Crippen molar-refractivity contribution in [2.45, 2.75) is 26.3 Å². The van der Waals surface area contributed by atoms with Gasteiger partial charge in [0.1, 0.15) is 0 Å². The van der Waals surface area contributed by atoms with E-state index in [0.29, 0.717) is 0 Å². The second-order valence-corrected chi connectivity index (χ2v) is 5.35. The molecule has 2 aromatic rings. The highest BCUT2D eigenvalue weighted by Crippen LogP contribution is 2.22. The van der Waals surface area contributed by atoms with Gasteiger partial charge in [0.15, 0.2) is 0 Å². The molecule has 0 aliphatic carbocycles. The largest absolute Gasteiger partial charge is 0.323 e. The first-order valence-corrected chi connectivity index (χ1v) is 6.20. The monoisotopic (exact) mass is 232 g/mol. The molecule has 2 N–H and O–H groups in total. The minimum atomic E-state index is 0.0630. The van der Waals surface area contributed by atoms with Crippen molar-refractivity contribution in [1.29, 1.82) is 0 Å². The molecule has 84 valence electrons. The number of thiazole rings is 1. The molecule has 1 atom stereocenters. The summed E-state index contributed by atoms with van der Waals surface area (Å²) in [6, 6.07) is 8.56. The summed E-state index contributed by atoms with van der Waals surface area (Å²) in [6.07, 6.45) is 2.77. The van der Waals surface area contributed by atoms with Gasteiger partial charge in [-0.2, -0.15) is 0 Å². The minimum Gasteiger partial charge on any atom is -0.323 e. The van der Waals surface area contributed by atoms with Crippen LogP contribution in [0.15, 0.2) is 30.5 Å². The first kappa shape index (κ1) is 11.3. The molecule has 0 aliphatic heterocycles. The second kappa shape index (κ2) is 4.76. The van der Waals surface area contributed by atoms with Crippen molar-refractivity contribution in [3.8, 4) is 0 Å². The molecule has 16 heavy (non-hydrogen) atoms. The maximum absolute atomic E-state index is 6.16. The zero-order valence-corrected chi connectivity index (χ0v) is 10.4. The Labute approximate surface area is 100 Å². The van der Waals surface area contributed by atoms with E-state index in [2.05, 4.69) is 36.2 Å². The molecule has 0 amide bonds. The van der Waals surface area contributed by atoms with E-state index in [4.69, 9.17) is 5.73 Å². The van der Waals surface area contributed by atoms with E-state index >= 15 is 0 Å². The predicted molar refractivity (Wildman–Crippen MR) is 68.7 cm³/mol. The molecule has 2 nitrogen and oxygen atoms in total. The fourth-order valence-electron chi connectivity index (χ4n) is 1.74. The lowest BCUT2D eigenvalue weighted by Gasteiger charge is -2.09. The first-order valence-electron chi connectivity index (χ1n) is 5.38. The topological polar surface area (TPSA) is 38.9 Å². The van der Waals surface area contributed by atoms with Gasteiger partial charge in [-0.3, -0.25) is 0 Å². The van der Waals surface area contributed by atoms with Crippen LogP contribution < -0.4 is 5.73 Å². The third-order valence-corrected chi connectivity index (χ3v) is 3.59. The summed E-state index contributed by atoms with van der Waals surface area (Å²) >= 11 is 1.68. The number of nitrogens with zero attached hydrogens (tertiary/aromatic N) is 1. The molecule has 1 heterocycles. The molecular formula is C13H16N2S. The summed E-state index contributed by atoms with van der Waals surface area (Å²) in [5.74, 6) is 0. The van der Waals surface area contributed by atoms with Gasteiger partial charge in [-0.05, 0) is 25.8 Å². The van der Waals surface area contributed by atoms with E-state index in [1.807, 2.05) is 13.1 Å². The van der Waals surface area contributed by atoms with Gasteiger partial charge in [-0.15, -0.1) is 11.3 Å². The summed E-state index contributed by atoms with van der Waals surface area (Å²) in [4.78, 5) is 5.40. The average molecular weight is 232 g/mol. The lowest BCUT2D eigenvalue weighted by molar-refractivity contribution is 0.734. The molecule has 2 rings (SSSR count). The number of aryl methyl sites for hydroxylation is 2. The van der Waals surface area contributed by atoms with Crippen molar-refractivity contribution in [2.24, 2.45) is 5.73 Å². The number of hydrogen-bond donors (Lipinski definition) is 1. The number of benzene rings is 1. The number of aromatic nitrogens is 1. The number of nitrogens with two attached hydrogens (primary N) is 1. The van der Waals surface area contributed by atoms with Crippen molar-refractivity contribution in [1.82, 2.24) is 4.98 Å². The van der Waals surface area contributed by atoms with Crippen LogP contribution >= 0.6 is 11.3 Å². The van der Waals surface area contributed by atoms with Crippen molar-refractivity contribution in [3.63, 3.8) is 0 Å². The molecule has 3 heteroatoms. The summed E-state index contributed by atoms with van der Waals surface area (Å²) in [6.45, 7) is 4.11. The van der Waals surface area contributed by atoms with Crippen LogP contribution in [0.25, 0.3) is 0 Å². The third kappa shape index (κ3) is 2.68. The molecule has 0 saturated carbocycles. The first-order chi connectivity index (χ1) is 7.65. The minimum absolute atomic E-state index is 0.0630. The average Bonchev–Trinajstić information content (AvgIpc) is 2.65. The highest BCUT2D eigenvalue weighted by Gasteiger charge is 2.09. The zero-order chi connectivity index (χ0) is 11.5. The quantitative estimate of drug-likeness (QED) is 0.883. The van der Waals surface area contributed by atoms with Crippen LogP contribution in [0.1, 0.15) is 27.1 Å². The van der Waals surface area contributed by atoms with Crippen LogP contribution in [-0.4, -0.2) is 4.98 Å². The van der Waals surface area contributed by atoms with Crippen LogP contribution in [0.2, 0.25) is 0 Å². The Bertz CT molecular complexity index is 476. The van der Waals surface area contributed by atoms with E-state index < -0.39 is 0 Å². The zero-order valence-electron chi connectivity index (χ0n) is 9.60. The van der Waals surface area contributed by atoms with Crippen LogP contribution in [-0.2, 0) is 6.42 Å². The van der Waals surface area contributed by atoms with Crippen molar-refractivity contribution in [2.75, 3.05) is 0 Å². The Morgan fingerprint density at radius 1 is 1.38 bits per heavy atom. The standard InChI is InChI=1S/C13H16N2S/c1-9-4-3-5-11(6-9)7-12(14)13-8-15-10(2)16-13/h3-6,8,12H,7,14H2,1-2H3. The maximum Gasteiger partial charge on any atom is 0.0897 e. The predicted octanol–water partition coefficient (Wildman–Crippen LogP) is 3.00. The highest BCUT2D eigenvalue weighted by atomic mass is 32.1. The molecule has 1 aromatic heterocycles. The van der Waals surface area contributed by atoms with Crippen LogP contribution in [0, 0.1) is 13.8 Å². The molecule has 0 radical (unpaired) electrons. The van der Waals surface area contributed by atoms with Crippen LogP contribution in [0.3, 0.4) is 0 Å². The fourth-order valence-corrected chi connectivity index (χ4v) is 2.53. The van der Waals surface area contributed by atoms with Crippen molar-refractivity contribution in [3.05, 3.63) is 51.5 Å². The molecular weight excluding hydrogens is 216 g/mol. The Morgan fingerprint density at radius 2 is 2.19 bits per heavy atom. The lowest BCUT2D eigenvalue weighted by atomic mass is 10.0. The van der Waals surface area contributed by atoms with Gasteiger partial charge < -0.3 is 5.73 Å². The number of rotatable bonds is 3. The van der Waals surface area contributed by atoms with E-state index in [0.717, 1.165) is 11.4 Å². The van der Waals surface area contributed by atoms with E-state index in [-0.39, 0.29) is 6.04 Å². The second-order valence-electron chi connectivity index (χ2n) is 4.08.